The van der Waals surface area contributed by atoms with Crippen LogP contribution in [0.25, 0.3) is 0 Å². The molecule has 14 heavy (non-hydrogen) atoms. The number of piperidine rings is 1. The largest absolute Gasteiger partial charge is 0.332 e. The van der Waals surface area contributed by atoms with E-state index in [0.29, 0.717) is 0 Å². The van der Waals surface area contributed by atoms with Gasteiger partial charge in [-0.1, -0.05) is 6.42 Å². The Bertz CT molecular complexity index is 192. The summed E-state index contributed by atoms with van der Waals surface area (Å²) in [6.07, 6.45) is 3.63. The third-order valence-corrected chi connectivity index (χ3v) is 2.10. The number of hydrogen-bond donors (Lipinski definition) is 2. The van der Waals surface area contributed by atoms with E-state index in [4.69, 9.17) is 0 Å². The lowest BCUT2D eigenvalue weighted by Crippen LogP contribution is -2.53. The Hall–Kier alpha value is -0.770. The van der Waals surface area contributed by atoms with E-state index in [1.54, 1.807) is 0 Å². The van der Waals surface area contributed by atoms with Crippen LogP contribution in [0.5, 0.6) is 0 Å². The van der Waals surface area contributed by atoms with Crippen molar-refractivity contribution in [3.05, 3.63) is 0 Å². The predicted molar refractivity (Wildman–Crippen MR) is 56.8 cm³/mol. The number of hydrazine groups is 1. The Morgan fingerprint density at radius 3 is 2.21 bits per heavy atom. The van der Waals surface area contributed by atoms with Gasteiger partial charge < -0.3 is 5.32 Å². The van der Waals surface area contributed by atoms with Crippen LogP contribution in [0.1, 0.15) is 40.0 Å². The zero-order chi connectivity index (χ0) is 10.6. The molecule has 0 aromatic heterocycles. The van der Waals surface area contributed by atoms with E-state index in [2.05, 4.69) is 10.7 Å². The monoisotopic (exact) mass is 199 g/mol. The molecule has 0 spiro atoms. The molecule has 1 heterocycles. The Morgan fingerprint density at radius 1 is 1.14 bits per heavy atom. The van der Waals surface area contributed by atoms with Crippen molar-refractivity contribution in [2.24, 2.45) is 0 Å². The standard InChI is InChI=1S/C10H21N3O/c1-10(2,3)11-9(14)12-13-7-5-4-6-8-13/h4-8H2,1-3H3,(H2,11,12,14). The molecule has 0 atom stereocenters. The molecule has 0 radical (unpaired) electrons. The molecule has 0 saturated carbocycles. The number of nitrogens with one attached hydrogen (secondary N) is 2. The first-order chi connectivity index (χ1) is 6.47. The van der Waals surface area contributed by atoms with Gasteiger partial charge in [0.2, 0.25) is 0 Å². The molecule has 4 heteroatoms. The summed E-state index contributed by atoms with van der Waals surface area (Å²) < 4.78 is 0. The molecule has 0 aromatic rings. The fourth-order valence-corrected chi connectivity index (χ4v) is 1.52. The van der Waals surface area contributed by atoms with E-state index < -0.39 is 0 Å². The van der Waals surface area contributed by atoms with Gasteiger partial charge in [0.25, 0.3) is 0 Å². The number of nitrogens with zero attached hydrogens (tertiary/aromatic N) is 1. The van der Waals surface area contributed by atoms with E-state index in [0.717, 1.165) is 13.1 Å². The molecule has 1 saturated heterocycles. The maximum Gasteiger partial charge on any atom is 0.329 e. The minimum Gasteiger partial charge on any atom is -0.332 e. The molecule has 0 unspecified atom stereocenters. The highest BCUT2D eigenvalue weighted by atomic mass is 16.2. The van der Waals surface area contributed by atoms with Crippen molar-refractivity contribution in [2.45, 2.75) is 45.6 Å². The highest BCUT2D eigenvalue weighted by Crippen LogP contribution is 2.06. The van der Waals surface area contributed by atoms with Crippen molar-refractivity contribution in [1.82, 2.24) is 15.8 Å². The Kier molecular flexibility index (Phi) is 3.75. The first-order valence-corrected chi connectivity index (χ1v) is 5.31. The molecule has 2 amide bonds. The molecule has 0 bridgehead atoms. The van der Waals surface area contributed by atoms with Gasteiger partial charge in [0.1, 0.15) is 0 Å². The second-order valence-electron chi connectivity index (χ2n) is 4.86. The summed E-state index contributed by atoms with van der Waals surface area (Å²) in [6.45, 7) is 7.86. The van der Waals surface area contributed by atoms with Gasteiger partial charge in [-0.05, 0) is 33.6 Å². The highest BCUT2D eigenvalue weighted by molar-refractivity contribution is 5.74. The lowest BCUT2D eigenvalue weighted by molar-refractivity contribution is 0.150. The van der Waals surface area contributed by atoms with Crippen LogP contribution < -0.4 is 10.7 Å². The minimum absolute atomic E-state index is 0.0978. The molecule has 1 aliphatic rings. The summed E-state index contributed by atoms with van der Waals surface area (Å²) in [7, 11) is 0. The molecule has 1 aliphatic heterocycles. The number of rotatable bonds is 1. The van der Waals surface area contributed by atoms with E-state index in [-0.39, 0.29) is 11.6 Å². The van der Waals surface area contributed by atoms with Gasteiger partial charge in [-0.3, -0.25) is 5.43 Å². The van der Waals surface area contributed by atoms with Crippen molar-refractivity contribution in [3.63, 3.8) is 0 Å². The molecule has 4 nitrogen and oxygen atoms in total. The third kappa shape index (κ3) is 4.46. The number of hydrogen-bond acceptors (Lipinski definition) is 2. The number of carbonyl (C=O) groups excluding carboxylic acids is 1. The normalized spacial score (nSPS) is 19.1. The summed E-state index contributed by atoms with van der Waals surface area (Å²) in [5.74, 6) is 0. The van der Waals surface area contributed by atoms with Gasteiger partial charge in [0, 0.05) is 18.6 Å². The van der Waals surface area contributed by atoms with E-state index in [9.17, 15) is 4.79 Å². The van der Waals surface area contributed by atoms with Crippen molar-refractivity contribution in [3.8, 4) is 0 Å². The molecule has 1 rings (SSSR count). The highest BCUT2D eigenvalue weighted by Gasteiger charge is 2.16. The summed E-state index contributed by atoms with van der Waals surface area (Å²) in [5, 5.41) is 4.87. The lowest BCUT2D eigenvalue weighted by atomic mass is 10.1. The molecule has 2 N–H and O–H groups in total. The van der Waals surface area contributed by atoms with Crippen molar-refractivity contribution in [2.75, 3.05) is 13.1 Å². The van der Waals surface area contributed by atoms with Gasteiger partial charge in [0.15, 0.2) is 0 Å². The topological polar surface area (TPSA) is 44.4 Å². The number of carbonyl (C=O) groups is 1. The smallest absolute Gasteiger partial charge is 0.329 e. The average Bonchev–Trinajstić information content (AvgIpc) is 2.02. The second-order valence-corrected chi connectivity index (χ2v) is 4.86. The zero-order valence-corrected chi connectivity index (χ0v) is 9.39. The average molecular weight is 199 g/mol. The van der Waals surface area contributed by atoms with Crippen molar-refractivity contribution < 1.29 is 4.79 Å². The first kappa shape index (κ1) is 11.3. The van der Waals surface area contributed by atoms with Crippen molar-refractivity contribution >= 4 is 6.03 Å². The number of urea groups is 1. The zero-order valence-electron chi connectivity index (χ0n) is 9.39. The summed E-state index contributed by atoms with van der Waals surface area (Å²) in [6, 6.07) is -0.0978. The van der Waals surface area contributed by atoms with Gasteiger partial charge in [-0.15, -0.1) is 0 Å². The van der Waals surface area contributed by atoms with Crippen LogP contribution in [0.4, 0.5) is 4.79 Å². The van der Waals surface area contributed by atoms with Crippen LogP contribution in [0, 0.1) is 0 Å². The molecular formula is C10H21N3O. The summed E-state index contributed by atoms with van der Waals surface area (Å²) in [5.41, 5.74) is 2.69. The third-order valence-electron chi connectivity index (χ3n) is 2.10. The minimum atomic E-state index is -0.167. The SMILES string of the molecule is CC(C)(C)NC(=O)NN1CCCCC1. The maximum absolute atomic E-state index is 11.5. The first-order valence-electron chi connectivity index (χ1n) is 5.31. The van der Waals surface area contributed by atoms with Crippen LogP contribution >= 0.6 is 0 Å². The Morgan fingerprint density at radius 2 is 1.71 bits per heavy atom. The van der Waals surface area contributed by atoms with Gasteiger partial charge in [-0.25, -0.2) is 9.80 Å². The van der Waals surface area contributed by atoms with Crippen molar-refractivity contribution in [1.29, 1.82) is 0 Å². The van der Waals surface area contributed by atoms with Crippen LogP contribution in [-0.4, -0.2) is 29.7 Å². The lowest BCUT2D eigenvalue weighted by Gasteiger charge is -2.29. The van der Waals surface area contributed by atoms with Gasteiger partial charge in [0.05, 0.1) is 0 Å². The molecule has 82 valence electrons. The fourth-order valence-electron chi connectivity index (χ4n) is 1.52. The quantitative estimate of drug-likeness (QED) is 0.672. The summed E-state index contributed by atoms with van der Waals surface area (Å²) in [4.78, 5) is 11.5. The van der Waals surface area contributed by atoms with E-state index in [1.807, 2.05) is 25.8 Å². The van der Waals surface area contributed by atoms with Gasteiger partial charge >= 0.3 is 6.03 Å². The van der Waals surface area contributed by atoms with Crippen LogP contribution in [0.2, 0.25) is 0 Å². The Balaban J connectivity index is 2.25. The number of amides is 2. The van der Waals surface area contributed by atoms with E-state index >= 15 is 0 Å². The van der Waals surface area contributed by atoms with Crippen LogP contribution in [0.15, 0.2) is 0 Å². The molecular weight excluding hydrogens is 178 g/mol. The maximum atomic E-state index is 11.5. The summed E-state index contributed by atoms with van der Waals surface area (Å²) >= 11 is 0. The molecule has 1 fully saturated rings. The second kappa shape index (κ2) is 4.64. The Labute approximate surface area is 86.0 Å². The van der Waals surface area contributed by atoms with Crippen LogP contribution in [0.3, 0.4) is 0 Å². The molecule has 0 aromatic carbocycles. The predicted octanol–water partition coefficient (Wildman–Crippen LogP) is 1.48. The molecule has 0 aliphatic carbocycles. The van der Waals surface area contributed by atoms with Gasteiger partial charge in [-0.2, -0.15) is 0 Å². The van der Waals surface area contributed by atoms with E-state index in [1.165, 1.54) is 19.3 Å². The van der Waals surface area contributed by atoms with Crippen LogP contribution in [-0.2, 0) is 0 Å². The fraction of sp³-hybridized carbons (Fsp3) is 0.900.